The molecule has 0 atom stereocenters. The van der Waals surface area contributed by atoms with Crippen molar-refractivity contribution in [2.75, 3.05) is 13.1 Å². The highest BCUT2D eigenvalue weighted by molar-refractivity contribution is 5.94. The van der Waals surface area contributed by atoms with Gasteiger partial charge in [-0.25, -0.2) is 0 Å². The number of furan rings is 1. The van der Waals surface area contributed by atoms with Gasteiger partial charge in [0.2, 0.25) is 0 Å². The molecule has 0 bridgehead atoms. The molecule has 0 aliphatic heterocycles. The number of nitrogens with zero attached hydrogens (tertiary/aromatic N) is 2. The topological polar surface area (TPSA) is 57.2 Å². The van der Waals surface area contributed by atoms with Crippen LogP contribution in [0.15, 0.2) is 16.7 Å². The largest absolute Gasteiger partial charge is 0.469 e. The van der Waals surface area contributed by atoms with E-state index in [-0.39, 0.29) is 12.5 Å². The summed E-state index contributed by atoms with van der Waals surface area (Å²) < 4.78 is 5.03. The Balaban J connectivity index is 2.78. The van der Waals surface area contributed by atoms with Gasteiger partial charge in [0, 0.05) is 6.54 Å². The number of hydrogen-bond acceptors (Lipinski definition) is 3. The van der Waals surface area contributed by atoms with Crippen LogP contribution in [-0.4, -0.2) is 23.9 Å². The molecule has 4 nitrogen and oxygen atoms in total. The second kappa shape index (κ2) is 4.47. The number of nitriles is 1. The third kappa shape index (κ3) is 2.13. The Kier molecular flexibility index (Phi) is 3.29. The average molecular weight is 192 g/mol. The fourth-order valence-electron chi connectivity index (χ4n) is 1.15. The van der Waals surface area contributed by atoms with Crippen molar-refractivity contribution in [1.82, 2.24) is 4.90 Å². The predicted molar refractivity (Wildman–Crippen MR) is 50.6 cm³/mol. The van der Waals surface area contributed by atoms with Crippen LogP contribution in [-0.2, 0) is 0 Å². The van der Waals surface area contributed by atoms with E-state index in [4.69, 9.17) is 9.68 Å². The molecule has 0 N–H and O–H groups in total. The van der Waals surface area contributed by atoms with E-state index in [9.17, 15) is 4.79 Å². The Hall–Kier alpha value is -1.76. The molecule has 74 valence electrons. The summed E-state index contributed by atoms with van der Waals surface area (Å²) in [6.07, 6.45) is 1.41. The summed E-state index contributed by atoms with van der Waals surface area (Å²) in [6, 6.07) is 3.62. The summed E-state index contributed by atoms with van der Waals surface area (Å²) >= 11 is 0. The highest BCUT2D eigenvalue weighted by atomic mass is 16.3. The normalized spacial score (nSPS) is 9.50. The zero-order valence-electron chi connectivity index (χ0n) is 8.28. The predicted octanol–water partition coefficient (Wildman–Crippen LogP) is 1.57. The smallest absolute Gasteiger partial charge is 0.257 e. The van der Waals surface area contributed by atoms with Crippen LogP contribution in [0.25, 0.3) is 0 Å². The highest BCUT2D eigenvalue weighted by Crippen LogP contribution is 2.09. The number of hydrogen-bond donors (Lipinski definition) is 0. The number of carbonyl (C=O) groups excluding carboxylic acids is 1. The second-order valence-corrected chi connectivity index (χ2v) is 2.92. The Morgan fingerprint density at radius 1 is 1.71 bits per heavy atom. The van der Waals surface area contributed by atoms with E-state index in [0.29, 0.717) is 17.9 Å². The van der Waals surface area contributed by atoms with E-state index >= 15 is 0 Å². The summed E-state index contributed by atoms with van der Waals surface area (Å²) in [5.41, 5.74) is 0.500. The number of aryl methyl sites for hydroxylation is 1. The first kappa shape index (κ1) is 10.3. The van der Waals surface area contributed by atoms with Crippen molar-refractivity contribution in [3.8, 4) is 6.07 Å². The van der Waals surface area contributed by atoms with Gasteiger partial charge in [-0.3, -0.25) is 4.79 Å². The van der Waals surface area contributed by atoms with Crippen molar-refractivity contribution in [3.05, 3.63) is 23.7 Å². The molecule has 0 fully saturated rings. The first-order valence-electron chi connectivity index (χ1n) is 4.40. The minimum atomic E-state index is -0.161. The van der Waals surface area contributed by atoms with E-state index in [0.717, 1.165) is 0 Å². The first-order chi connectivity index (χ1) is 6.69. The lowest BCUT2D eigenvalue weighted by Crippen LogP contribution is -2.30. The number of rotatable bonds is 3. The molecule has 0 aliphatic rings. The van der Waals surface area contributed by atoms with Gasteiger partial charge in [0.05, 0.1) is 11.6 Å². The maximum absolute atomic E-state index is 11.7. The molecule has 0 spiro atoms. The lowest BCUT2D eigenvalue weighted by molar-refractivity contribution is 0.0783. The van der Waals surface area contributed by atoms with Crippen LogP contribution in [0.5, 0.6) is 0 Å². The fourth-order valence-corrected chi connectivity index (χ4v) is 1.15. The molecule has 0 aromatic carbocycles. The lowest BCUT2D eigenvalue weighted by Gasteiger charge is -2.15. The highest BCUT2D eigenvalue weighted by Gasteiger charge is 2.15. The third-order valence-corrected chi connectivity index (χ3v) is 1.91. The van der Waals surface area contributed by atoms with Crippen LogP contribution in [0.2, 0.25) is 0 Å². The number of amides is 1. The quantitative estimate of drug-likeness (QED) is 0.683. The van der Waals surface area contributed by atoms with Gasteiger partial charge in [0.1, 0.15) is 18.6 Å². The van der Waals surface area contributed by atoms with Crippen LogP contribution in [0.4, 0.5) is 0 Å². The van der Waals surface area contributed by atoms with Gasteiger partial charge < -0.3 is 9.32 Å². The van der Waals surface area contributed by atoms with Gasteiger partial charge in [-0.2, -0.15) is 5.26 Å². The van der Waals surface area contributed by atoms with Gasteiger partial charge in [0.15, 0.2) is 0 Å². The third-order valence-electron chi connectivity index (χ3n) is 1.91. The molecular weight excluding hydrogens is 180 g/mol. The average Bonchev–Trinajstić information content (AvgIpc) is 2.60. The van der Waals surface area contributed by atoms with E-state index in [1.165, 1.54) is 11.2 Å². The molecule has 4 heteroatoms. The maximum Gasteiger partial charge on any atom is 0.257 e. The van der Waals surface area contributed by atoms with Crippen LogP contribution < -0.4 is 0 Å². The molecule has 0 unspecified atom stereocenters. The van der Waals surface area contributed by atoms with E-state index in [1.54, 1.807) is 13.0 Å². The SMILES string of the molecule is CCN(CC#N)C(=O)c1coc(C)c1. The van der Waals surface area contributed by atoms with E-state index in [1.807, 2.05) is 13.0 Å². The summed E-state index contributed by atoms with van der Waals surface area (Å²) in [6.45, 7) is 4.25. The van der Waals surface area contributed by atoms with Crippen molar-refractivity contribution in [1.29, 1.82) is 5.26 Å². The van der Waals surface area contributed by atoms with Gasteiger partial charge >= 0.3 is 0 Å². The van der Waals surface area contributed by atoms with Crippen molar-refractivity contribution < 1.29 is 9.21 Å². The van der Waals surface area contributed by atoms with Crippen molar-refractivity contribution >= 4 is 5.91 Å². The zero-order chi connectivity index (χ0) is 10.6. The van der Waals surface area contributed by atoms with Gasteiger partial charge in [0.25, 0.3) is 5.91 Å². The fraction of sp³-hybridized carbons (Fsp3) is 0.400. The van der Waals surface area contributed by atoms with E-state index < -0.39 is 0 Å². The van der Waals surface area contributed by atoms with Gasteiger partial charge in [-0.05, 0) is 19.9 Å². The molecule has 1 heterocycles. The monoisotopic (exact) mass is 192 g/mol. The van der Waals surface area contributed by atoms with Gasteiger partial charge in [-0.15, -0.1) is 0 Å². The molecule has 0 aliphatic carbocycles. The standard InChI is InChI=1S/C10H12N2O2/c1-3-12(5-4-11)10(13)9-6-8(2)14-7-9/h6-7H,3,5H2,1-2H3. The molecule has 14 heavy (non-hydrogen) atoms. The molecule has 1 amide bonds. The summed E-state index contributed by atoms with van der Waals surface area (Å²) in [5, 5.41) is 8.50. The Labute approximate surface area is 82.7 Å². The minimum absolute atomic E-state index is 0.111. The summed E-state index contributed by atoms with van der Waals surface area (Å²) in [7, 11) is 0. The molecule has 0 saturated carbocycles. The summed E-state index contributed by atoms with van der Waals surface area (Å²) in [4.78, 5) is 13.2. The second-order valence-electron chi connectivity index (χ2n) is 2.92. The Bertz CT molecular complexity index is 362. The molecule has 1 aromatic heterocycles. The zero-order valence-corrected chi connectivity index (χ0v) is 8.28. The van der Waals surface area contributed by atoms with Crippen molar-refractivity contribution in [3.63, 3.8) is 0 Å². The Morgan fingerprint density at radius 3 is 2.86 bits per heavy atom. The molecule has 1 rings (SSSR count). The van der Waals surface area contributed by atoms with Crippen LogP contribution in [0.1, 0.15) is 23.0 Å². The van der Waals surface area contributed by atoms with Crippen molar-refractivity contribution in [2.24, 2.45) is 0 Å². The maximum atomic E-state index is 11.7. The van der Waals surface area contributed by atoms with Crippen LogP contribution in [0.3, 0.4) is 0 Å². The number of carbonyl (C=O) groups is 1. The van der Waals surface area contributed by atoms with Gasteiger partial charge in [-0.1, -0.05) is 0 Å². The molecule has 0 saturated heterocycles. The first-order valence-corrected chi connectivity index (χ1v) is 4.40. The molecule has 1 aromatic rings. The van der Waals surface area contributed by atoms with E-state index in [2.05, 4.69) is 0 Å². The van der Waals surface area contributed by atoms with Crippen LogP contribution in [0, 0.1) is 18.3 Å². The Morgan fingerprint density at radius 2 is 2.43 bits per heavy atom. The molecular formula is C10H12N2O2. The molecule has 0 radical (unpaired) electrons. The lowest BCUT2D eigenvalue weighted by atomic mass is 10.2. The minimum Gasteiger partial charge on any atom is -0.469 e. The summed E-state index contributed by atoms with van der Waals surface area (Å²) in [5.74, 6) is 0.535. The van der Waals surface area contributed by atoms with Crippen molar-refractivity contribution in [2.45, 2.75) is 13.8 Å². The van der Waals surface area contributed by atoms with Crippen LogP contribution >= 0.6 is 0 Å².